The summed E-state index contributed by atoms with van der Waals surface area (Å²) in [7, 11) is -3.68. The van der Waals surface area contributed by atoms with Crippen LogP contribution in [0.4, 0.5) is 5.82 Å². The SMILES string of the molecule is Cc1ccc(CNS(=O)(=O)c2ccc(C(=O)Nc3cc(C)on3)cc2)cc1. The molecule has 0 aliphatic rings. The van der Waals surface area contributed by atoms with Crippen LogP contribution < -0.4 is 10.0 Å². The van der Waals surface area contributed by atoms with Gasteiger partial charge in [-0.15, -0.1) is 0 Å². The monoisotopic (exact) mass is 385 g/mol. The Hall–Kier alpha value is -2.97. The van der Waals surface area contributed by atoms with Gasteiger partial charge in [-0.25, -0.2) is 13.1 Å². The first-order valence-electron chi connectivity index (χ1n) is 8.23. The lowest BCUT2D eigenvalue weighted by Gasteiger charge is -2.08. The van der Waals surface area contributed by atoms with Gasteiger partial charge in [0.1, 0.15) is 5.76 Å². The van der Waals surface area contributed by atoms with Gasteiger partial charge in [0.05, 0.1) is 4.90 Å². The Morgan fingerprint density at radius 2 is 1.70 bits per heavy atom. The van der Waals surface area contributed by atoms with Crippen LogP contribution in [0.3, 0.4) is 0 Å². The summed E-state index contributed by atoms with van der Waals surface area (Å²) in [6.07, 6.45) is 0. The van der Waals surface area contributed by atoms with Crippen LogP contribution in [0.1, 0.15) is 27.2 Å². The third-order valence-electron chi connectivity index (χ3n) is 3.88. The molecule has 0 atom stereocenters. The van der Waals surface area contributed by atoms with Gasteiger partial charge in [-0.2, -0.15) is 0 Å². The highest BCUT2D eigenvalue weighted by atomic mass is 32.2. The summed E-state index contributed by atoms with van der Waals surface area (Å²) in [6, 6.07) is 14.9. The second-order valence-electron chi connectivity index (χ2n) is 6.11. The number of benzene rings is 2. The van der Waals surface area contributed by atoms with Crippen molar-refractivity contribution in [3.63, 3.8) is 0 Å². The fourth-order valence-electron chi connectivity index (χ4n) is 2.37. The van der Waals surface area contributed by atoms with Gasteiger partial charge in [-0.05, 0) is 43.7 Å². The number of amides is 1. The Balaban J connectivity index is 1.66. The van der Waals surface area contributed by atoms with Crippen molar-refractivity contribution in [1.82, 2.24) is 9.88 Å². The Morgan fingerprint density at radius 3 is 2.30 bits per heavy atom. The Kier molecular flexibility index (Phi) is 5.38. The minimum absolute atomic E-state index is 0.0865. The first-order chi connectivity index (χ1) is 12.8. The average molecular weight is 385 g/mol. The number of hydrogen-bond donors (Lipinski definition) is 2. The summed E-state index contributed by atoms with van der Waals surface area (Å²) >= 11 is 0. The lowest BCUT2D eigenvalue weighted by Crippen LogP contribution is -2.23. The molecule has 1 heterocycles. The molecule has 0 unspecified atom stereocenters. The van der Waals surface area contributed by atoms with Gasteiger partial charge in [0.15, 0.2) is 5.82 Å². The molecule has 27 heavy (non-hydrogen) atoms. The van der Waals surface area contributed by atoms with Crippen LogP contribution in [0, 0.1) is 13.8 Å². The van der Waals surface area contributed by atoms with Gasteiger partial charge < -0.3 is 9.84 Å². The lowest BCUT2D eigenvalue weighted by atomic mass is 10.2. The number of rotatable bonds is 6. The Labute approximate surface area is 157 Å². The number of carbonyl (C=O) groups is 1. The maximum atomic E-state index is 12.4. The van der Waals surface area contributed by atoms with Crippen molar-refractivity contribution in [2.75, 3.05) is 5.32 Å². The minimum atomic E-state index is -3.68. The summed E-state index contributed by atoms with van der Waals surface area (Å²) in [5, 5.41) is 6.26. The van der Waals surface area contributed by atoms with Crippen LogP contribution in [0.15, 0.2) is 64.0 Å². The number of nitrogens with zero attached hydrogens (tertiary/aromatic N) is 1. The lowest BCUT2D eigenvalue weighted by molar-refractivity contribution is 0.102. The maximum absolute atomic E-state index is 12.4. The van der Waals surface area contributed by atoms with E-state index in [9.17, 15) is 13.2 Å². The quantitative estimate of drug-likeness (QED) is 0.679. The van der Waals surface area contributed by atoms with Crippen molar-refractivity contribution in [1.29, 1.82) is 0 Å². The second-order valence-corrected chi connectivity index (χ2v) is 7.88. The number of aromatic nitrogens is 1. The molecule has 0 aliphatic carbocycles. The van der Waals surface area contributed by atoms with Crippen LogP contribution in [-0.4, -0.2) is 19.5 Å². The molecule has 2 aromatic carbocycles. The number of carbonyl (C=O) groups excluding carboxylic acids is 1. The van der Waals surface area contributed by atoms with Crippen molar-refractivity contribution in [2.45, 2.75) is 25.3 Å². The minimum Gasteiger partial charge on any atom is -0.360 e. The molecule has 0 bridgehead atoms. The molecule has 0 saturated carbocycles. The van der Waals surface area contributed by atoms with E-state index in [0.29, 0.717) is 17.1 Å². The first kappa shape index (κ1) is 18.8. The summed E-state index contributed by atoms with van der Waals surface area (Å²) in [6.45, 7) is 3.87. The first-order valence-corrected chi connectivity index (χ1v) is 9.72. The smallest absolute Gasteiger partial charge is 0.256 e. The maximum Gasteiger partial charge on any atom is 0.256 e. The molecule has 0 fully saturated rings. The van der Waals surface area contributed by atoms with E-state index >= 15 is 0 Å². The molecule has 3 aromatic rings. The Bertz CT molecular complexity index is 1040. The molecular weight excluding hydrogens is 366 g/mol. The van der Waals surface area contributed by atoms with Crippen LogP contribution in [-0.2, 0) is 16.6 Å². The summed E-state index contributed by atoms with van der Waals surface area (Å²) in [5.74, 6) is 0.472. The highest BCUT2D eigenvalue weighted by Gasteiger charge is 2.15. The van der Waals surface area contributed by atoms with E-state index in [2.05, 4.69) is 15.2 Å². The molecule has 8 heteroatoms. The summed E-state index contributed by atoms with van der Waals surface area (Å²) < 4.78 is 32.3. The van der Waals surface area contributed by atoms with Crippen LogP contribution in [0.25, 0.3) is 0 Å². The number of anilines is 1. The van der Waals surface area contributed by atoms with Gasteiger partial charge in [0.2, 0.25) is 10.0 Å². The topological polar surface area (TPSA) is 101 Å². The van der Waals surface area contributed by atoms with Crippen molar-refractivity contribution >= 4 is 21.7 Å². The fraction of sp³-hybridized carbons (Fsp3) is 0.158. The molecule has 140 valence electrons. The zero-order valence-electron chi connectivity index (χ0n) is 14.9. The standard InChI is InChI=1S/C19H19N3O4S/c1-13-3-5-15(6-4-13)12-20-27(24,25)17-9-7-16(8-10-17)19(23)21-18-11-14(2)26-22-18/h3-11,20H,12H2,1-2H3,(H,21,22,23). The van der Waals surface area contributed by atoms with Crippen molar-refractivity contribution in [3.8, 4) is 0 Å². The number of sulfonamides is 1. The molecular formula is C19H19N3O4S. The van der Waals surface area contributed by atoms with Crippen molar-refractivity contribution < 1.29 is 17.7 Å². The molecule has 1 amide bonds. The normalized spacial score (nSPS) is 11.3. The molecule has 3 rings (SSSR count). The van der Waals surface area contributed by atoms with Gasteiger partial charge in [-0.3, -0.25) is 4.79 Å². The van der Waals surface area contributed by atoms with Crippen LogP contribution in [0.5, 0.6) is 0 Å². The predicted molar refractivity (Wildman–Crippen MR) is 101 cm³/mol. The van der Waals surface area contributed by atoms with Gasteiger partial charge in [0, 0.05) is 18.2 Å². The van der Waals surface area contributed by atoms with E-state index in [1.165, 1.54) is 24.3 Å². The van der Waals surface area contributed by atoms with Gasteiger partial charge in [0.25, 0.3) is 5.91 Å². The van der Waals surface area contributed by atoms with E-state index in [1.54, 1.807) is 13.0 Å². The second kappa shape index (κ2) is 7.73. The van der Waals surface area contributed by atoms with Crippen LogP contribution in [0.2, 0.25) is 0 Å². The zero-order valence-corrected chi connectivity index (χ0v) is 15.7. The van der Waals surface area contributed by atoms with E-state index in [4.69, 9.17) is 4.52 Å². The molecule has 7 nitrogen and oxygen atoms in total. The fourth-order valence-corrected chi connectivity index (χ4v) is 3.38. The van der Waals surface area contributed by atoms with E-state index in [-0.39, 0.29) is 11.4 Å². The summed E-state index contributed by atoms with van der Waals surface area (Å²) in [5.41, 5.74) is 2.28. The number of hydrogen-bond acceptors (Lipinski definition) is 5. The molecule has 0 aliphatic heterocycles. The molecule has 0 spiro atoms. The van der Waals surface area contributed by atoms with E-state index in [0.717, 1.165) is 11.1 Å². The predicted octanol–water partition coefficient (Wildman–Crippen LogP) is 3.02. The molecule has 0 radical (unpaired) electrons. The third-order valence-corrected chi connectivity index (χ3v) is 5.30. The Morgan fingerprint density at radius 1 is 1.04 bits per heavy atom. The summed E-state index contributed by atoms with van der Waals surface area (Å²) in [4.78, 5) is 12.3. The van der Waals surface area contributed by atoms with Crippen molar-refractivity contribution in [3.05, 3.63) is 77.0 Å². The van der Waals surface area contributed by atoms with E-state index < -0.39 is 15.9 Å². The zero-order chi connectivity index (χ0) is 19.4. The van der Waals surface area contributed by atoms with Gasteiger partial charge >= 0.3 is 0 Å². The number of aryl methyl sites for hydroxylation is 2. The van der Waals surface area contributed by atoms with Crippen molar-refractivity contribution in [2.24, 2.45) is 0 Å². The van der Waals surface area contributed by atoms with E-state index in [1.807, 2.05) is 31.2 Å². The highest BCUT2D eigenvalue weighted by Crippen LogP contribution is 2.14. The molecule has 1 aromatic heterocycles. The molecule has 2 N–H and O–H groups in total. The van der Waals surface area contributed by atoms with Gasteiger partial charge in [-0.1, -0.05) is 35.0 Å². The number of nitrogens with one attached hydrogen (secondary N) is 2. The third kappa shape index (κ3) is 4.81. The average Bonchev–Trinajstić information content (AvgIpc) is 3.06. The largest absolute Gasteiger partial charge is 0.360 e. The highest BCUT2D eigenvalue weighted by molar-refractivity contribution is 7.89. The van der Waals surface area contributed by atoms with Crippen LogP contribution >= 0.6 is 0 Å². The molecule has 0 saturated heterocycles.